The topological polar surface area (TPSA) is 48.1 Å². The second kappa shape index (κ2) is 7.64. The average Bonchev–Trinajstić information content (AvgIpc) is 2.96. The van der Waals surface area contributed by atoms with Gasteiger partial charge in [-0.3, -0.25) is 4.79 Å². The Balaban J connectivity index is 1.41. The van der Waals surface area contributed by atoms with Crippen molar-refractivity contribution in [3.63, 3.8) is 0 Å². The molecule has 1 aliphatic rings. The van der Waals surface area contributed by atoms with Crippen molar-refractivity contribution in [3.8, 4) is 0 Å². The van der Waals surface area contributed by atoms with Crippen LogP contribution in [0.2, 0.25) is 0 Å². The molecule has 0 spiro atoms. The molecule has 4 nitrogen and oxygen atoms in total. The first kappa shape index (κ1) is 16.1. The zero-order valence-corrected chi connectivity index (χ0v) is 14.0. The number of hydrogen-bond acceptors (Lipinski definition) is 2. The minimum Gasteiger partial charge on any atom is -0.361 e. The van der Waals surface area contributed by atoms with E-state index in [1.165, 1.54) is 25.8 Å². The fraction of sp³-hybridized carbons (Fsp3) is 0.526. The minimum absolute atomic E-state index is 0.112. The Morgan fingerprint density at radius 2 is 2.22 bits per heavy atom. The molecule has 124 valence electrons. The van der Waals surface area contributed by atoms with Crippen LogP contribution in [0.5, 0.6) is 0 Å². The van der Waals surface area contributed by atoms with Crippen LogP contribution in [0, 0.1) is 0 Å². The van der Waals surface area contributed by atoms with Gasteiger partial charge in [0.1, 0.15) is 0 Å². The van der Waals surface area contributed by atoms with Gasteiger partial charge >= 0.3 is 0 Å². The molecule has 0 radical (unpaired) electrons. The molecule has 2 aromatic rings. The highest BCUT2D eigenvalue weighted by Gasteiger charge is 2.17. The highest BCUT2D eigenvalue weighted by molar-refractivity contribution is 5.88. The molecule has 23 heavy (non-hydrogen) atoms. The van der Waals surface area contributed by atoms with Crippen LogP contribution in [0.3, 0.4) is 0 Å². The molecule has 1 amide bonds. The van der Waals surface area contributed by atoms with Crippen LogP contribution in [0.1, 0.15) is 38.2 Å². The van der Waals surface area contributed by atoms with Gasteiger partial charge in [0.25, 0.3) is 0 Å². The number of piperidine rings is 1. The SMILES string of the molecule is C[C@@H]1CCCCN1CCCNC(=O)Cc1c[nH]c2ccccc12. The molecule has 0 saturated carbocycles. The maximum atomic E-state index is 12.1. The van der Waals surface area contributed by atoms with E-state index in [1.807, 2.05) is 24.4 Å². The fourth-order valence-electron chi connectivity index (χ4n) is 3.51. The lowest BCUT2D eigenvalue weighted by Gasteiger charge is -2.33. The third kappa shape index (κ3) is 4.14. The lowest BCUT2D eigenvalue weighted by Crippen LogP contribution is -2.39. The molecular weight excluding hydrogens is 286 g/mol. The van der Waals surface area contributed by atoms with Crippen LogP contribution >= 0.6 is 0 Å². The van der Waals surface area contributed by atoms with Gasteiger partial charge in [-0.25, -0.2) is 0 Å². The van der Waals surface area contributed by atoms with Gasteiger partial charge in [0.05, 0.1) is 6.42 Å². The lowest BCUT2D eigenvalue weighted by molar-refractivity contribution is -0.120. The number of para-hydroxylation sites is 1. The van der Waals surface area contributed by atoms with Crippen molar-refractivity contribution in [2.45, 2.75) is 45.1 Å². The monoisotopic (exact) mass is 313 g/mol. The van der Waals surface area contributed by atoms with Gasteiger partial charge in [-0.2, -0.15) is 0 Å². The summed E-state index contributed by atoms with van der Waals surface area (Å²) in [7, 11) is 0. The number of amides is 1. The number of fused-ring (bicyclic) bond motifs is 1. The number of hydrogen-bond donors (Lipinski definition) is 2. The van der Waals surface area contributed by atoms with E-state index in [0.29, 0.717) is 12.5 Å². The molecule has 0 aliphatic carbocycles. The molecular formula is C19H27N3O. The molecule has 1 aliphatic heterocycles. The van der Waals surface area contributed by atoms with Gasteiger partial charge in [-0.05, 0) is 44.4 Å². The van der Waals surface area contributed by atoms with Crippen molar-refractivity contribution in [2.24, 2.45) is 0 Å². The molecule has 3 rings (SSSR count). The fourth-order valence-corrected chi connectivity index (χ4v) is 3.51. The lowest BCUT2D eigenvalue weighted by atomic mass is 10.0. The number of H-pyrrole nitrogens is 1. The van der Waals surface area contributed by atoms with Crippen molar-refractivity contribution in [1.82, 2.24) is 15.2 Å². The summed E-state index contributed by atoms with van der Waals surface area (Å²) in [6, 6.07) is 8.82. The number of carbonyl (C=O) groups excluding carboxylic acids is 1. The van der Waals surface area contributed by atoms with E-state index in [4.69, 9.17) is 0 Å². The number of carbonyl (C=O) groups is 1. The van der Waals surface area contributed by atoms with Crippen molar-refractivity contribution >= 4 is 16.8 Å². The van der Waals surface area contributed by atoms with Gasteiger partial charge in [0.15, 0.2) is 0 Å². The van der Waals surface area contributed by atoms with E-state index >= 15 is 0 Å². The highest BCUT2D eigenvalue weighted by atomic mass is 16.1. The number of nitrogens with one attached hydrogen (secondary N) is 2. The standard InChI is InChI=1S/C19H27N3O/c1-15-7-4-5-11-22(15)12-6-10-20-19(23)13-16-14-21-18-9-3-2-8-17(16)18/h2-3,8-9,14-15,21H,4-7,10-13H2,1H3,(H,20,23)/t15-/m1/s1. The quantitative estimate of drug-likeness (QED) is 0.805. The molecule has 1 aromatic carbocycles. The molecule has 0 bridgehead atoms. The van der Waals surface area contributed by atoms with Crippen LogP contribution < -0.4 is 5.32 Å². The summed E-state index contributed by atoms with van der Waals surface area (Å²) >= 11 is 0. The minimum atomic E-state index is 0.112. The van der Waals surface area contributed by atoms with E-state index in [-0.39, 0.29) is 5.91 Å². The average molecular weight is 313 g/mol. The third-order valence-electron chi connectivity index (χ3n) is 4.91. The molecule has 4 heteroatoms. The zero-order chi connectivity index (χ0) is 16.1. The van der Waals surface area contributed by atoms with Crippen LogP contribution in [0.25, 0.3) is 10.9 Å². The van der Waals surface area contributed by atoms with E-state index in [2.05, 4.69) is 28.2 Å². The smallest absolute Gasteiger partial charge is 0.224 e. The van der Waals surface area contributed by atoms with Crippen LogP contribution in [-0.4, -0.2) is 41.5 Å². The van der Waals surface area contributed by atoms with Gasteiger partial charge in [0.2, 0.25) is 5.91 Å². The van der Waals surface area contributed by atoms with Gasteiger partial charge in [-0.15, -0.1) is 0 Å². The predicted octanol–water partition coefficient (Wildman–Crippen LogP) is 3.09. The van der Waals surface area contributed by atoms with Crippen molar-refractivity contribution in [1.29, 1.82) is 0 Å². The van der Waals surface area contributed by atoms with Crippen LogP contribution in [0.4, 0.5) is 0 Å². The number of aromatic nitrogens is 1. The van der Waals surface area contributed by atoms with Gasteiger partial charge in [0, 0.05) is 36.2 Å². The number of nitrogens with zero attached hydrogens (tertiary/aromatic N) is 1. The summed E-state index contributed by atoms with van der Waals surface area (Å²) in [6.07, 6.45) is 7.41. The van der Waals surface area contributed by atoms with Crippen LogP contribution in [0.15, 0.2) is 30.5 Å². The molecule has 1 saturated heterocycles. The molecule has 2 heterocycles. The summed E-state index contributed by atoms with van der Waals surface area (Å²) in [5.74, 6) is 0.112. The van der Waals surface area contributed by atoms with E-state index < -0.39 is 0 Å². The Labute approximate surface area is 138 Å². The highest BCUT2D eigenvalue weighted by Crippen LogP contribution is 2.18. The summed E-state index contributed by atoms with van der Waals surface area (Å²) in [4.78, 5) is 17.9. The van der Waals surface area contributed by atoms with Crippen molar-refractivity contribution in [3.05, 3.63) is 36.0 Å². The van der Waals surface area contributed by atoms with Gasteiger partial charge in [-0.1, -0.05) is 24.6 Å². The third-order valence-corrected chi connectivity index (χ3v) is 4.91. The first-order valence-electron chi connectivity index (χ1n) is 8.80. The normalized spacial score (nSPS) is 19.1. The molecule has 1 fully saturated rings. The summed E-state index contributed by atoms with van der Waals surface area (Å²) in [5.41, 5.74) is 2.16. The van der Waals surface area contributed by atoms with E-state index in [9.17, 15) is 4.79 Å². The Morgan fingerprint density at radius 1 is 1.35 bits per heavy atom. The zero-order valence-electron chi connectivity index (χ0n) is 14.0. The Hall–Kier alpha value is -1.81. The largest absolute Gasteiger partial charge is 0.361 e. The maximum absolute atomic E-state index is 12.1. The Kier molecular flexibility index (Phi) is 5.34. The van der Waals surface area contributed by atoms with Crippen molar-refractivity contribution < 1.29 is 4.79 Å². The summed E-state index contributed by atoms with van der Waals surface area (Å²) in [5, 5.41) is 4.20. The molecule has 2 N–H and O–H groups in total. The second-order valence-corrected chi connectivity index (χ2v) is 6.62. The second-order valence-electron chi connectivity index (χ2n) is 6.62. The summed E-state index contributed by atoms with van der Waals surface area (Å²) < 4.78 is 0. The Morgan fingerprint density at radius 3 is 3.09 bits per heavy atom. The Bertz CT molecular complexity index is 649. The van der Waals surface area contributed by atoms with Crippen LogP contribution in [-0.2, 0) is 11.2 Å². The van der Waals surface area contributed by atoms with E-state index in [1.54, 1.807) is 0 Å². The number of benzene rings is 1. The maximum Gasteiger partial charge on any atom is 0.224 e. The molecule has 0 unspecified atom stereocenters. The van der Waals surface area contributed by atoms with E-state index in [0.717, 1.165) is 36.0 Å². The number of likely N-dealkylation sites (tertiary alicyclic amines) is 1. The number of aromatic amines is 1. The van der Waals surface area contributed by atoms with Crippen molar-refractivity contribution in [2.75, 3.05) is 19.6 Å². The first-order chi connectivity index (χ1) is 11.2. The molecule has 1 aromatic heterocycles. The number of rotatable bonds is 6. The van der Waals surface area contributed by atoms with Gasteiger partial charge < -0.3 is 15.2 Å². The summed E-state index contributed by atoms with van der Waals surface area (Å²) in [6.45, 7) is 5.39. The predicted molar refractivity (Wildman–Crippen MR) is 94.5 cm³/mol. The molecule has 1 atom stereocenters. The first-order valence-corrected chi connectivity index (χ1v) is 8.80.